The van der Waals surface area contributed by atoms with Crippen LogP contribution in [0.5, 0.6) is 0 Å². The lowest BCUT2D eigenvalue weighted by Gasteiger charge is -2.09. The van der Waals surface area contributed by atoms with Crippen LogP contribution in [0.3, 0.4) is 0 Å². The normalized spacial score (nSPS) is 10.8. The molecule has 0 aliphatic heterocycles. The van der Waals surface area contributed by atoms with E-state index in [1.54, 1.807) is 30.3 Å². The third-order valence-corrected chi connectivity index (χ3v) is 13.2. The number of nitrogens with two attached hydrogens (primary N) is 4. The summed E-state index contributed by atoms with van der Waals surface area (Å²) in [6.45, 7) is -0.115. The van der Waals surface area contributed by atoms with E-state index in [9.17, 15) is 26.3 Å². The van der Waals surface area contributed by atoms with Crippen molar-refractivity contribution in [2.24, 2.45) is 10.7 Å². The first kappa shape index (κ1) is 61.0. The third kappa shape index (κ3) is 13.6. The van der Waals surface area contributed by atoms with E-state index >= 15 is 0 Å². The quantitative estimate of drug-likeness (QED) is 0.0362. The minimum atomic E-state index is -0.944. The van der Waals surface area contributed by atoms with Gasteiger partial charge in [-0.15, -0.1) is 12.4 Å². The predicted octanol–water partition coefficient (Wildman–Crippen LogP) is 11.1. The number of nitrogens with one attached hydrogen (secondary N) is 1. The van der Waals surface area contributed by atoms with E-state index in [2.05, 4.69) is 50.7 Å². The molecule has 0 saturated carbocycles. The number of nitrogens with zero attached hydrogens (tertiary/aromatic N) is 14. The topological polar surface area (TPSA) is 323 Å². The predicted molar refractivity (Wildman–Crippen MR) is 321 cm³/mol. The zero-order valence-corrected chi connectivity index (χ0v) is 47.2. The standard InChI is InChI=1S/C30H21F2N7O.C17H13F2N7O.C14H11F2N5O.ClH/c31-22-13-7-12-21(27(22)32)18-39-26(23-14-15-40-38-23)16-24(37-39)30-34-17-25(29(33)36-30)35-28(19-8-3-1-4-9-19)20-10-5-2-6-11-20;18-10-3-1-2-9(15(10)19)8-26-14(12-4-5-27-25-12)6-13(24-26)17-22-7-11(20)16(21)23-17;15-9-3-1-2-8(13(9)16)7-21-12(10-4-5-22-20-10)6-11(19-21)14(17)18;/h1-17H,18H2,(H2,33,34,36);1-7H,8,20H2,(H2,21,22,23);1-6H,7H2,(H3,17,18);1H. The fourth-order valence-electron chi connectivity index (χ4n) is 8.84. The van der Waals surface area contributed by atoms with E-state index in [-0.39, 0.29) is 89.2 Å². The summed E-state index contributed by atoms with van der Waals surface area (Å²) in [5.74, 6) is -5.10. The summed E-state index contributed by atoms with van der Waals surface area (Å²) < 4.78 is 102. The molecule has 0 unspecified atom stereocenters. The molecule has 9 N–H and O–H groups in total. The molecule has 8 heterocycles. The number of aliphatic imine (C=N–C) groups is 1. The number of aromatic nitrogens is 13. The van der Waals surface area contributed by atoms with E-state index < -0.39 is 34.9 Å². The molecule has 29 heteroatoms. The summed E-state index contributed by atoms with van der Waals surface area (Å²) in [6, 6.07) is 41.1. The lowest BCUT2D eigenvalue weighted by molar-refractivity contribution is 0.421. The van der Waals surface area contributed by atoms with Crippen molar-refractivity contribution in [1.82, 2.24) is 64.7 Å². The van der Waals surface area contributed by atoms with Crippen LogP contribution >= 0.6 is 12.4 Å². The number of amidine groups is 1. The third-order valence-electron chi connectivity index (χ3n) is 13.2. The molecule has 452 valence electrons. The van der Waals surface area contributed by atoms with E-state index in [1.807, 2.05) is 60.7 Å². The van der Waals surface area contributed by atoms with Crippen molar-refractivity contribution in [3.63, 3.8) is 0 Å². The Kier molecular flexibility index (Phi) is 18.4. The number of nitrogen functional groups attached to an aromatic ring is 4. The highest BCUT2D eigenvalue weighted by molar-refractivity contribution is 6.14. The summed E-state index contributed by atoms with van der Waals surface area (Å²) in [5.41, 5.74) is 30.6. The molecule has 13 rings (SSSR count). The van der Waals surface area contributed by atoms with Crippen molar-refractivity contribution in [2.75, 3.05) is 17.2 Å². The second-order valence-corrected chi connectivity index (χ2v) is 19.1. The Labute approximate surface area is 511 Å². The van der Waals surface area contributed by atoms with E-state index in [4.69, 9.17) is 46.9 Å². The molecule has 0 saturated heterocycles. The van der Waals surface area contributed by atoms with Crippen LogP contribution in [0.25, 0.3) is 57.2 Å². The van der Waals surface area contributed by atoms with Crippen molar-refractivity contribution in [3.05, 3.63) is 251 Å². The minimum absolute atomic E-state index is 0. The molecule has 0 aliphatic rings. The van der Waals surface area contributed by atoms with Gasteiger partial charge in [-0.2, -0.15) is 15.3 Å². The lowest BCUT2D eigenvalue weighted by Crippen LogP contribution is -2.13. The first-order chi connectivity index (χ1) is 43.1. The molecule has 8 aromatic heterocycles. The van der Waals surface area contributed by atoms with Gasteiger partial charge in [-0.25, -0.2) is 51.3 Å². The van der Waals surface area contributed by atoms with Crippen LogP contribution in [0.1, 0.15) is 33.5 Å². The Morgan fingerprint density at radius 3 is 1.26 bits per heavy atom. The van der Waals surface area contributed by atoms with Gasteiger partial charge in [-0.05, 0) is 36.4 Å². The number of halogens is 7. The van der Waals surface area contributed by atoms with Crippen molar-refractivity contribution >= 4 is 47.0 Å². The molecular formula is C61H46ClF6N19O3. The summed E-state index contributed by atoms with van der Waals surface area (Å²) in [7, 11) is 0. The van der Waals surface area contributed by atoms with Crippen LogP contribution in [0.4, 0.5) is 49.4 Å². The van der Waals surface area contributed by atoms with Gasteiger partial charge in [0, 0.05) is 46.0 Å². The molecule has 0 fully saturated rings. The molecule has 0 atom stereocenters. The average Bonchev–Trinajstić information content (AvgIpc) is 1.99. The highest BCUT2D eigenvalue weighted by Crippen LogP contribution is 2.31. The number of benzene rings is 5. The smallest absolute Gasteiger partial charge is 0.182 e. The van der Waals surface area contributed by atoms with Crippen LogP contribution in [0, 0.1) is 40.3 Å². The molecular weight excluding hydrogens is 1200 g/mol. The molecule has 0 aliphatic carbocycles. The maximum absolute atomic E-state index is 14.4. The van der Waals surface area contributed by atoms with Crippen molar-refractivity contribution in [1.29, 1.82) is 5.41 Å². The lowest BCUT2D eigenvalue weighted by atomic mass is 10.0. The molecule has 0 amide bonds. The molecule has 90 heavy (non-hydrogen) atoms. The first-order valence-electron chi connectivity index (χ1n) is 26.4. The van der Waals surface area contributed by atoms with Crippen LogP contribution < -0.4 is 22.9 Å². The zero-order valence-electron chi connectivity index (χ0n) is 46.4. The van der Waals surface area contributed by atoms with E-state index in [0.29, 0.717) is 51.2 Å². The van der Waals surface area contributed by atoms with Gasteiger partial charge in [0.15, 0.2) is 58.2 Å². The Balaban J connectivity index is 0.000000156. The second kappa shape index (κ2) is 27.1. The maximum Gasteiger partial charge on any atom is 0.182 e. The summed E-state index contributed by atoms with van der Waals surface area (Å²) in [4.78, 5) is 22.0. The van der Waals surface area contributed by atoms with E-state index in [0.717, 1.165) is 35.0 Å². The van der Waals surface area contributed by atoms with Gasteiger partial charge in [0.25, 0.3) is 0 Å². The van der Waals surface area contributed by atoms with Gasteiger partial charge in [-0.3, -0.25) is 19.5 Å². The Morgan fingerprint density at radius 1 is 0.467 bits per heavy atom. The maximum atomic E-state index is 14.4. The first-order valence-corrected chi connectivity index (χ1v) is 26.4. The van der Waals surface area contributed by atoms with Gasteiger partial charge in [0.1, 0.15) is 64.5 Å². The van der Waals surface area contributed by atoms with Crippen molar-refractivity contribution in [3.8, 4) is 57.2 Å². The van der Waals surface area contributed by atoms with Gasteiger partial charge in [0.05, 0.1) is 60.5 Å². The molecule has 22 nitrogen and oxygen atoms in total. The average molecular weight is 1240 g/mol. The highest BCUT2D eigenvalue weighted by Gasteiger charge is 2.22. The van der Waals surface area contributed by atoms with Gasteiger partial charge < -0.3 is 36.5 Å². The number of rotatable bonds is 15. The fraction of sp³-hybridized carbons (Fsp3) is 0.0492. The molecule has 13 aromatic rings. The SMILES string of the molecule is Cl.N=C(N)c1cc(-c2ccon2)n(Cc2cccc(F)c2F)n1.Nc1cnc(-c2cc(-c3ccon3)n(Cc3cccc(F)c3F)n2)nc1N.Nc1nc(-c2cc(-c3ccon3)n(Cc3cccc(F)c3F)n2)ncc1N=C(c1ccccc1)c1ccccc1. The Morgan fingerprint density at radius 2 is 0.867 bits per heavy atom. The van der Waals surface area contributed by atoms with Crippen molar-refractivity contribution < 1.29 is 39.9 Å². The Hall–Kier alpha value is -12.1. The fourth-order valence-corrected chi connectivity index (χ4v) is 8.84. The molecule has 0 bridgehead atoms. The van der Waals surface area contributed by atoms with Crippen LogP contribution in [-0.2, 0) is 19.6 Å². The largest absolute Gasteiger partial charge is 0.394 e. The number of hydrogen-bond donors (Lipinski definition) is 5. The monoisotopic (exact) mass is 1240 g/mol. The molecule has 5 aromatic carbocycles. The summed E-state index contributed by atoms with van der Waals surface area (Å²) >= 11 is 0. The van der Waals surface area contributed by atoms with E-state index in [1.165, 1.54) is 87.7 Å². The zero-order chi connectivity index (χ0) is 62.1. The van der Waals surface area contributed by atoms with Crippen LogP contribution in [-0.4, -0.2) is 76.3 Å². The molecule has 0 radical (unpaired) electrons. The summed E-state index contributed by atoms with van der Waals surface area (Å²) in [5, 5.41) is 32.2. The van der Waals surface area contributed by atoms with Crippen molar-refractivity contribution in [2.45, 2.75) is 19.6 Å². The van der Waals surface area contributed by atoms with Gasteiger partial charge >= 0.3 is 0 Å². The second-order valence-electron chi connectivity index (χ2n) is 19.1. The number of hydrogen-bond acceptors (Lipinski definition) is 18. The van der Waals surface area contributed by atoms with Crippen LogP contribution in [0.2, 0.25) is 0 Å². The highest BCUT2D eigenvalue weighted by atomic mass is 35.5. The minimum Gasteiger partial charge on any atom is -0.394 e. The van der Waals surface area contributed by atoms with Gasteiger partial charge in [0.2, 0.25) is 0 Å². The molecule has 0 spiro atoms. The van der Waals surface area contributed by atoms with Crippen LogP contribution in [0.15, 0.2) is 201 Å². The number of anilines is 3. The summed E-state index contributed by atoms with van der Waals surface area (Å²) in [6.07, 6.45) is 7.09. The van der Waals surface area contributed by atoms with Gasteiger partial charge in [-0.1, -0.05) is 113 Å². The Bertz CT molecular complexity index is 4600.